The molecule has 0 aliphatic carbocycles. The highest BCUT2D eigenvalue weighted by Crippen LogP contribution is 2.05. The molecule has 1 aromatic heterocycles. The second-order valence-corrected chi connectivity index (χ2v) is 2.43. The Hall–Kier alpha value is -1.36. The second-order valence-electron chi connectivity index (χ2n) is 2.43. The van der Waals surface area contributed by atoms with Gasteiger partial charge in [-0.2, -0.15) is 0 Å². The van der Waals surface area contributed by atoms with Crippen molar-refractivity contribution >= 4 is 0 Å². The van der Waals surface area contributed by atoms with Crippen molar-refractivity contribution < 1.29 is 0 Å². The Labute approximate surface area is 66.7 Å². The fourth-order valence-electron chi connectivity index (χ4n) is 0.935. The fourth-order valence-corrected chi connectivity index (χ4v) is 0.935. The third-order valence-corrected chi connectivity index (χ3v) is 1.64. The molecule has 0 fully saturated rings. The lowest BCUT2D eigenvalue weighted by molar-refractivity contribution is 1.03. The van der Waals surface area contributed by atoms with Crippen molar-refractivity contribution in [2.24, 2.45) is 0 Å². The smallest absolute Gasteiger partial charge is 0.218 e. The molecule has 0 N–H and O–H groups in total. The van der Waals surface area contributed by atoms with Crippen molar-refractivity contribution in [3.63, 3.8) is 0 Å². The van der Waals surface area contributed by atoms with Gasteiger partial charge in [-0.3, -0.25) is 4.98 Å². The zero-order chi connectivity index (χ0) is 8.10. The summed E-state index contributed by atoms with van der Waals surface area (Å²) >= 11 is 0. The van der Waals surface area contributed by atoms with Crippen molar-refractivity contribution in [1.82, 2.24) is 4.98 Å². The Morgan fingerprint density at radius 1 is 1.64 bits per heavy atom. The summed E-state index contributed by atoms with van der Waals surface area (Å²) in [4.78, 5) is 7.29. The van der Waals surface area contributed by atoms with Crippen LogP contribution in [0.4, 0.5) is 0 Å². The first-order valence-electron chi connectivity index (χ1n) is 3.57. The molecule has 0 unspecified atom stereocenters. The van der Waals surface area contributed by atoms with Crippen LogP contribution in [0.25, 0.3) is 4.85 Å². The second kappa shape index (κ2) is 3.72. The van der Waals surface area contributed by atoms with Gasteiger partial charge >= 0.3 is 0 Å². The molecule has 0 spiro atoms. The SMILES string of the molecule is [C-]#[N+]CCc1cnccc1C. The first kappa shape index (κ1) is 7.74. The van der Waals surface area contributed by atoms with E-state index >= 15 is 0 Å². The van der Waals surface area contributed by atoms with Gasteiger partial charge in [0.05, 0.1) is 0 Å². The first-order valence-corrected chi connectivity index (χ1v) is 3.57. The lowest BCUT2D eigenvalue weighted by atomic mass is 10.1. The van der Waals surface area contributed by atoms with E-state index in [-0.39, 0.29) is 0 Å². The number of aromatic nitrogens is 1. The zero-order valence-corrected chi connectivity index (χ0v) is 6.54. The Balaban J connectivity index is 2.71. The van der Waals surface area contributed by atoms with Gasteiger partial charge in [0, 0.05) is 18.8 Å². The predicted octanol–water partition coefficient (Wildman–Crippen LogP) is 1.85. The summed E-state index contributed by atoms with van der Waals surface area (Å²) in [6.45, 7) is 9.23. The predicted molar refractivity (Wildman–Crippen MR) is 44.1 cm³/mol. The zero-order valence-electron chi connectivity index (χ0n) is 6.54. The summed E-state index contributed by atoms with van der Waals surface area (Å²) < 4.78 is 0. The van der Waals surface area contributed by atoms with E-state index in [0.29, 0.717) is 6.54 Å². The molecule has 0 aliphatic rings. The van der Waals surface area contributed by atoms with E-state index in [0.717, 1.165) is 6.42 Å². The Morgan fingerprint density at radius 3 is 3.09 bits per heavy atom. The standard InChI is InChI=1S/C9H10N2/c1-8-3-6-11-7-9(8)4-5-10-2/h3,6-7H,4-5H2,1H3. The van der Waals surface area contributed by atoms with Gasteiger partial charge in [0.25, 0.3) is 0 Å². The van der Waals surface area contributed by atoms with E-state index in [1.807, 2.05) is 19.2 Å². The van der Waals surface area contributed by atoms with Crippen LogP contribution >= 0.6 is 0 Å². The summed E-state index contributed by atoms with van der Waals surface area (Å²) in [6.07, 6.45) is 4.43. The monoisotopic (exact) mass is 146 g/mol. The molecule has 2 heteroatoms. The van der Waals surface area contributed by atoms with Crippen LogP contribution in [0.5, 0.6) is 0 Å². The van der Waals surface area contributed by atoms with Crippen LogP contribution in [0.3, 0.4) is 0 Å². The quantitative estimate of drug-likeness (QED) is 0.582. The van der Waals surface area contributed by atoms with Gasteiger partial charge in [-0.05, 0) is 24.1 Å². The number of rotatable bonds is 2. The van der Waals surface area contributed by atoms with E-state index in [1.54, 1.807) is 6.20 Å². The molecular weight excluding hydrogens is 136 g/mol. The summed E-state index contributed by atoms with van der Waals surface area (Å²) in [7, 11) is 0. The highest BCUT2D eigenvalue weighted by atomic mass is 14.6. The Bertz CT molecular complexity index is 273. The Kier molecular flexibility index (Phi) is 2.62. The number of hydrogen-bond donors (Lipinski definition) is 0. The van der Waals surface area contributed by atoms with Crippen LogP contribution in [-0.4, -0.2) is 11.5 Å². The van der Waals surface area contributed by atoms with Crippen molar-refractivity contribution in [2.45, 2.75) is 13.3 Å². The van der Waals surface area contributed by atoms with Crippen molar-refractivity contribution in [3.05, 3.63) is 41.0 Å². The van der Waals surface area contributed by atoms with E-state index < -0.39 is 0 Å². The van der Waals surface area contributed by atoms with E-state index in [1.165, 1.54) is 11.1 Å². The summed E-state index contributed by atoms with van der Waals surface area (Å²) in [5.74, 6) is 0. The molecule has 0 saturated heterocycles. The van der Waals surface area contributed by atoms with Crippen LogP contribution in [0.15, 0.2) is 18.5 Å². The fraction of sp³-hybridized carbons (Fsp3) is 0.333. The minimum Gasteiger partial charge on any atom is -0.317 e. The van der Waals surface area contributed by atoms with E-state index in [9.17, 15) is 0 Å². The van der Waals surface area contributed by atoms with Crippen LogP contribution in [0.2, 0.25) is 0 Å². The molecule has 1 rings (SSSR count). The van der Waals surface area contributed by atoms with Crippen LogP contribution in [0, 0.1) is 13.5 Å². The number of hydrogen-bond acceptors (Lipinski definition) is 1. The molecule has 0 saturated carbocycles. The molecule has 56 valence electrons. The van der Waals surface area contributed by atoms with Crippen molar-refractivity contribution in [2.75, 3.05) is 6.54 Å². The molecule has 0 bridgehead atoms. The molecular formula is C9H10N2. The van der Waals surface area contributed by atoms with Gasteiger partial charge < -0.3 is 4.85 Å². The van der Waals surface area contributed by atoms with Gasteiger partial charge in [-0.1, -0.05) is 0 Å². The molecule has 0 aliphatic heterocycles. The van der Waals surface area contributed by atoms with Gasteiger partial charge in [0.2, 0.25) is 6.54 Å². The lowest BCUT2D eigenvalue weighted by Gasteiger charge is -1.98. The molecule has 0 aromatic carbocycles. The van der Waals surface area contributed by atoms with E-state index in [4.69, 9.17) is 6.57 Å². The minimum absolute atomic E-state index is 0.562. The highest BCUT2D eigenvalue weighted by molar-refractivity contribution is 5.21. The highest BCUT2D eigenvalue weighted by Gasteiger charge is 1.97. The molecule has 0 atom stereocenters. The van der Waals surface area contributed by atoms with Gasteiger partial charge in [-0.15, -0.1) is 0 Å². The minimum atomic E-state index is 0.562. The lowest BCUT2D eigenvalue weighted by Crippen LogP contribution is -1.92. The molecule has 2 nitrogen and oxygen atoms in total. The summed E-state index contributed by atoms with van der Waals surface area (Å²) in [5, 5.41) is 0. The Morgan fingerprint density at radius 2 is 2.45 bits per heavy atom. The van der Waals surface area contributed by atoms with Gasteiger partial charge in [-0.25, -0.2) is 6.57 Å². The maximum atomic E-state index is 6.63. The van der Waals surface area contributed by atoms with Gasteiger partial charge in [0.1, 0.15) is 0 Å². The maximum Gasteiger partial charge on any atom is 0.218 e. The average molecular weight is 146 g/mol. The summed E-state index contributed by atoms with van der Waals surface area (Å²) in [5.41, 5.74) is 2.41. The largest absolute Gasteiger partial charge is 0.317 e. The molecule has 11 heavy (non-hydrogen) atoms. The molecule has 1 aromatic rings. The normalized spacial score (nSPS) is 9.09. The van der Waals surface area contributed by atoms with Gasteiger partial charge in [0.15, 0.2) is 0 Å². The molecule has 1 heterocycles. The van der Waals surface area contributed by atoms with E-state index in [2.05, 4.69) is 9.83 Å². The number of aryl methyl sites for hydroxylation is 1. The summed E-state index contributed by atoms with van der Waals surface area (Å²) in [6, 6.07) is 1.97. The van der Waals surface area contributed by atoms with Crippen LogP contribution < -0.4 is 0 Å². The molecule has 0 amide bonds. The average Bonchev–Trinajstić information content (AvgIpc) is 2.03. The maximum absolute atomic E-state index is 6.63. The first-order chi connectivity index (χ1) is 5.34. The van der Waals surface area contributed by atoms with Crippen LogP contribution in [-0.2, 0) is 6.42 Å². The van der Waals surface area contributed by atoms with Crippen molar-refractivity contribution in [1.29, 1.82) is 0 Å². The number of pyridine rings is 1. The third kappa shape index (κ3) is 2.05. The van der Waals surface area contributed by atoms with Crippen LogP contribution in [0.1, 0.15) is 11.1 Å². The number of nitrogens with zero attached hydrogens (tertiary/aromatic N) is 2. The topological polar surface area (TPSA) is 17.2 Å². The van der Waals surface area contributed by atoms with Crippen molar-refractivity contribution in [3.8, 4) is 0 Å². The molecule has 0 radical (unpaired) electrons. The third-order valence-electron chi connectivity index (χ3n) is 1.64.